The highest BCUT2D eigenvalue weighted by atomic mass is 16.5. The van der Waals surface area contributed by atoms with E-state index in [1.54, 1.807) is 0 Å². The Hall–Kier alpha value is -0.530. The van der Waals surface area contributed by atoms with E-state index in [0.29, 0.717) is 12.5 Å². The van der Waals surface area contributed by atoms with Crippen molar-refractivity contribution in [3.8, 4) is 0 Å². The van der Waals surface area contributed by atoms with Gasteiger partial charge in [-0.25, -0.2) is 0 Å². The van der Waals surface area contributed by atoms with Crippen LogP contribution in [0.25, 0.3) is 0 Å². The van der Waals surface area contributed by atoms with Crippen LogP contribution in [0.3, 0.4) is 0 Å². The summed E-state index contributed by atoms with van der Waals surface area (Å²) in [5.41, 5.74) is 0. The molecule has 1 saturated heterocycles. The molecule has 0 radical (unpaired) electrons. The van der Waals surface area contributed by atoms with E-state index in [4.69, 9.17) is 4.74 Å². The Bertz CT molecular complexity index is 192. The van der Waals surface area contributed by atoms with Crippen LogP contribution in [-0.2, 0) is 9.53 Å². The molecule has 1 unspecified atom stereocenters. The molecule has 0 bridgehead atoms. The third-order valence-corrected chi connectivity index (χ3v) is 3.68. The van der Waals surface area contributed by atoms with E-state index in [2.05, 4.69) is 0 Å². The average molecular weight is 196 g/mol. The van der Waals surface area contributed by atoms with Gasteiger partial charge < -0.3 is 4.74 Å². The summed E-state index contributed by atoms with van der Waals surface area (Å²) < 4.78 is 5.15. The summed E-state index contributed by atoms with van der Waals surface area (Å²) in [5.74, 6) is 0.954. The van der Waals surface area contributed by atoms with Crippen LogP contribution >= 0.6 is 0 Å². The molecule has 0 amide bonds. The number of rotatable bonds is 1. The number of ether oxygens (including phenoxy) is 1. The molecule has 0 N–H and O–H groups in total. The van der Waals surface area contributed by atoms with Crippen LogP contribution in [0, 0.1) is 11.8 Å². The Kier molecular flexibility index (Phi) is 3.44. The zero-order valence-corrected chi connectivity index (χ0v) is 8.84. The molecule has 2 aliphatic rings. The largest absolute Gasteiger partial charge is 0.465 e. The zero-order chi connectivity index (χ0) is 9.80. The molecule has 0 aromatic heterocycles. The molecule has 0 aromatic rings. The lowest BCUT2D eigenvalue weighted by Crippen LogP contribution is -2.30. The van der Waals surface area contributed by atoms with Gasteiger partial charge in [0.15, 0.2) is 0 Å². The molecule has 80 valence electrons. The van der Waals surface area contributed by atoms with Crippen molar-refractivity contribution in [1.29, 1.82) is 0 Å². The molecule has 1 saturated carbocycles. The molecular formula is C12H20O2. The molecule has 2 nitrogen and oxygen atoms in total. The fourth-order valence-electron chi connectivity index (χ4n) is 2.84. The van der Waals surface area contributed by atoms with Crippen LogP contribution in [0.2, 0.25) is 0 Å². The lowest BCUT2D eigenvalue weighted by Gasteiger charge is -2.27. The molecule has 1 heterocycles. The van der Waals surface area contributed by atoms with Gasteiger partial charge >= 0.3 is 5.97 Å². The maximum absolute atomic E-state index is 11.6. The Morgan fingerprint density at radius 2 is 1.64 bits per heavy atom. The van der Waals surface area contributed by atoms with Gasteiger partial charge in [-0.3, -0.25) is 4.79 Å². The summed E-state index contributed by atoms with van der Waals surface area (Å²) >= 11 is 0. The molecular weight excluding hydrogens is 176 g/mol. The Labute approximate surface area is 86.0 Å². The van der Waals surface area contributed by atoms with Crippen molar-refractivity contribution in [3.63, 3.8) is 0 Å². The SMILES string of the molecule is O=C1OCCCC1C1CCCCCC1. The summed E-state index contributed by atoms with van der Waals surface area (Å²) in [6.45, 7) is 0.655. The standard InChI is InChI=1S/C12H20O2/c13-12-11(8-5-9-14-12)10-6-3-1-2-4-7-10/h10-11H,1-9H2. The van der Waals surface area contributed by atoms with E-state index in [-0.39, 0.29) is 11.9 Å². The van der Waals surface area contributed by atoms with Crippen molar-refractivity contribution in [3.05, 3.63) is 0 Å². The van der Waals surface area contributed by atoms with E-state index < -0.39 is 0 Å². The fourth-order valence-corrected chi connectivity index (χ4v) is 2.84. The number of hydrogen-bond donors (Lipinski definition) is 0. The molecule has 2 heteroatoms. The number of cyclic esters (lactones) is 1. The van der Waals surface area contributed by atoms with Crippen LogP contribution in [0.15, 0.2) is 0 Å². The summed E-state index contributed by atoms with van der Waals surface area (Å²) in [4.78, 5) is 11.6. The predicted octanol–water partition coefficient (Wildman–Crippen LogP) is 2.91. The third-order valence-electron chi connectivity index (χ3n) is 3.68. The Morgan fingerprint density at radius 3 is 2.29 bits per heavy atom. The first-order chi connectivity index (χ1) is 6.88. The van der Waals surface area contributed by atoms with E-state index in [0.717, 1.165) is 12.8 Å². The number of esters is 1. The monoisotopic (exact) mass is 196 g/mol. The molecule has 2 fully saturated rings. The maximum atomic E-state index is 11.6. The molecule has 2 rings (SSSR count). The minimum absolute atomic E-state index is 0.0863. The van der Waals surface area contributed by atoms with Gasteiger partial charge in [-0.1, -0.05) is 25.7 Å². The van der Waals surface area contributed by atoms with E-state index in [1.807, 2.05) is 0 Å². The molecule has 14 heavy (non-hydrogen) atoms. The normalized spacial score (nSPS) is 30.9. The lowest BCUT2D eigenvalue weighted by molar-refractivity contribution is -0.155. The fraction of sp³-hybridized carbons (Fsp3) is 0.917. The minimum Gasteiger partial charge on any atom is -0.465 e. The number of carbonyl (C=O) groups excluding carboxylic acids is 1. The number of hydrogen-bond acceptors (Lipinski definition) is 2. The van der Waals surface area contributed by atoms with Gasteiger partial charge in [0, 0.05) is 0 Å². The molecule has 0 aromatic carbocycles. The van der Waals surface area contributed by atoms with Crippen LogP contribution in [0.5, 0.6) is 0 Å². The predicted molar refractivity (Wildman–Crippen MR) is 54.9 cm³/mol. The highest BCUT2D eigenvalue weighted by Crippen LogP contribution is 2.33. The van der Waals surface area contributed by atoms with Crippen LogP contribution < -0.4 is 0 Å². The smallest absolute Gasteiger partial charge is 0.309 e. The van der Waals surface area contributed by atoms with Gasteiger partial charge in [0.25, 0.3) is 0 Å². The molecule has 0 spiro atoms. The van der Waals surface area contributed by atoms with Crippen molar-refractivity contribution in [1.82, 2.24) is 0 Å². The first-order valence-corrected chi connectivity index (χ1v) is 6.04. The van der Waals surface area contributed by atoms with Crippen molar-refractivity contribution >= 4 is 5.97 Å². The van der Waals surface area contributed by atoms with E-state index >= 15 is 0 Å². The van der Waals surface area contributed by atoms with Gasteiger partial charge in [0.1, 0.15) is 0 Å². The maximum Gasteiger partial charge on any atom is 0.309 e. The zero-order valence-electron chi connectivity index (χ0n) is 8.84. The van der Waals surface area contributed by atoms with Crippen molar-refractivity contribution in [2.45, 2.75) is 51.4 Å². The first kappa shape index (κ1) is 10.0. The van der Waals surface area contributed by atoms with Crippen LogP contribution in [-0.4, -0.2) is 12.6 Å². The van der Waals surface area contributed by atoms with Gasteiger partial charge in [0.2, 0.25) is 0 Å². The summed E-state index contributed by atoms with van der Waals surface area (Å²) in [6.07, 6.45) is 10.00. The highest BCUT2D eigenvalue weighted by Gasteiger charge is 2.31. The Morgan fingerprint density at radius 1 is 0.929 bits per heavy atom. The lowest BCUT2D eigenvalue weighted by atomic mass is 9.82. The first-order valence-electron chi connectivity index (χ1n) is 6.04. The van der Waals surface area contributed by atoms with Gasteiger partial charge in [0.05, 0.1) is 12.5 Å². The second kappa shape index (κ2) is 4.81. The molecule has 1 aliphatic heterocycles. The van der Waals surface area contributed by atoms with E-state index in [1.165, 1.54) is 38.5 Å². The Balaban J connectivity index is 1.93. The van der Waals surface area contributed by atoms with Crippen molar-refractivity contribution < 1.29 is 9.53 Å². The van der Waals surface area contributed by atoms with Gasteiger partial charge in [-0.2, -0.15) is 0 Å². The van der Waals surface area contributed by atoms with Gasteiger partial charge in [-0.15, -0.1) is 0 Å². The van der Waals surface area contributed by atoms with E-state index in [9.17, 15) is 4.79 Å². The topological polar surface area (TPSA) is 26.3 Å². The summed E-state index contributed by atoms with van der Waals surface area (Å²) in [6, 6.07) is 0. The minimum atomic E-state index is 0.0863. The second-order valence-corrected chi connectivity index (χ2v) is 4.67. The second-order valence-electron chi connectivity index (χ2n) is 4.67. The van der Waals surface area contributed by atoms with Crippen molar-refractivity contribution in [2.24, 2.45) is 11.8 Å². The third kappa shape index (κ3) is 2.28. The van der Waals surface area contributed by atoms with Crippen LogP contribution in [0.1, 0.15) is 51.4 Å². The summed E-state index contributed by atoms with van der Waals surface area (Å²) in [7, 11) is 0. The number of carbonyl (C=O) groups is 1. The molecule has 1 atom stereocenters. The summed E-state index contributed by atoms with van der Waals surface area (Å²) in [5, 5.41) is 0. The highest BCUT2D eigenvalue weighted by molar-refractivity contribution is 5.73. The van der Waals surface area contributed by atoms with Crippen LogP contribution in [0.4, 0.5) is 0 Å². The quantitative estimate of drug-likeness (QED) is 0.476. The van der Waals surface area contributed by atoms with Gasteiger partial charge in [-0.05, 0) is 31.6 Å². The average Bonchev–Trinajstić information content (AvgIpc) is 2.47. The molecule has 1 aliphatic carbocycles. The van der Waals surface area contributed by atoms with Crippen molar-refractivity contribution in [2.75, 3.05) is 6.61 Å².